The number of nitrogens with one attached hydrogen (secondary N) is 2. The maximum absolute atomic E-state index is 3.62. The highest BCUT2D eigenvalue weighted by Crippen LogP contribution is 2.39. The fourth-order valence-electron chi connectivity index (χ4n) is 10.8. The Labute approximate surface area is 500 Å². The van der Waals surface area contributed by atoms with E-state index in [1.807, 2.05) is 12.1 Å². The van der Waals surface area contributed by atoms with E-state index in [-0.39, 0.29) is 0 Å². The van der Waals surface area contributed by atoms with E-state index in [1.165, 1.54) is 144 Å². The maximum Gasteiger partial charge on any atom is 0.0384 e. The Morgan fingerprint density at radius 1 is 0.300 bits per heavy atom. The van der Waals surface area contributed by atoms with Crippen LogP contribution in [-0.2, 0) is 25.7 Å². The van der Waals surface area contributed by atoms with E-state index in [0.29, 0.717) is 0 Å². The summed E-state index contributed by atoms with van der Waals surface area (Å²) in [6, 6.07) is 84.4. The molecule has 10 aromatic rings. The summed E-state index contributed by atoms with van der Waals surface area (Å²) in [4.78, 5) is 0. The summed E-state index contributed by atoms with van der Waals surface area (Å²) in [5.41, 5.74) is 25.6. The van der Waals surface area contributed by atoms with Crippen LogP contribution in [0.25, 0.3) is 66.8 Å². The molecule has 0 spiro atoms. The van der Waals surface area contributed by atoms with Gasteiger partial charge in [0.2, 0.25) is 0 Å². The van der Waals surface area contributed by atoms with Crippen LogP contribution in [0.1, 0.15) is 101 Å². The van der Waals surface area contributed by atoms with Gasteiger partial charge in [-0.2, -0.15) is 0 Å². The lowest BCUT2D eigenvalue weighted by Gasteiger charge is -2.20. The smallest absolute Gasteiger partial charge is 0.0384 e. The number of hydrogen-bond acceptors (Lipinski definition) is 2. The van der Waals surface area contributed by atoms with E-state index < -0.39 is 0 Å². The summed E-state index contributed by atoms with van der Waals surface area (Å²) in [7, 11) is 0. The van der Waals surface area contributed by atoms with Crippen molar-refractivity contribution in [3.63, 3.8) is 0 Å². The minimum atomic E-state index is 0.971. The first-order valence-electron chi connectivity index (χ1n) is 29.2. The molecule has 0 fully saturated rings. The topological polar surface area (TPSA) is 24.1 Å². The second-order valence-electron chi connectivity index (χ2n) is 21.0. The highest BCUT2D eigenvalue weighted by molar-refractivity contribution is 14.1. The van der Waals surface area contributed by atoms with E-state index in [9.17, 15) is 0 Å². The minimum absolute atomic E-state index is 0.971. The monoisotopic (exact) mass is 1220 g/mol. The lowest BCUT2D eigenvalue weighted by molar-refractivity contribution is 0.664. The van der Waals surface area contributed by atoms with Gasteiger partial charge in [-0.3, -0.25) is 0 Å². The quantitative estimate of drug-likeness (QED) is 0.0522. The van der Waals surface area contributed by atoms with Crippen molar-refractivity contribution < 1.29 is 0 Å². The first kappa shape index (κ1) is 57.7. The average Bonchev–Trinajstić information content (AvgIpc) is 3.55. The molecule has 404 valence electrons. The summed E-state index contributed by atoms with van der Waals surface area (Å²) in [5, 5.41) is 7.24. The van der Waals surface area contributed by atoms with Gasteiger partial charge in [-0.05, 0) is 223 Å². The normalized spacial score (nSPS) is 11.0. The molecule has 4 heteroatoms. The predicted molar refractivity (Wildman–Crippen MR) is 360 cm³/mol. The van der Waals surface area contributed by atoms with Crippen LogP contribution >= 0.6 is 38.5 Å². The predicted octanol–water partition coefficient (Wildman–Crippen LogP) is 23.6. The maximum atomic E-state index is 3.62. The molecule has 0 aromatic heterocycles. The molecule has 0 heterocycles. The van der Waals surface area contributed by atoms with Gasteiger partial charge in [0, 0.05) is 30.8 Å². The van der Waals surface area contributed by atoms with Crippen molar-refractivity contribution in [2.45, 2.75) is 105 Å². The Morgan fingerprint density at radius 2 is 0.637 bits per heavy atom. The molecular weight excluding hydrogens is 1150 g/mol. The number of benzene rings is 10. The van der Waals surface area contributed by atoms with Crippen LogP contribution < -0.4 is 10.6 Å². The Morgan fingerprint density at radius 3 is 0.975 bits per heavy atom. The molecule has 2 nitrogen and oxygen atoms in total. The molecule has 0 aliphatic rings. The van der Waals surface area contributed by atoms with Gasteiger partial charge >= 0.3 is 0 Å². The highest BCUT2D eigenvalue weighted by Gasteiger charge is 2.17. The van der Waals surface area contributed by atoms with Gasteiger partial charge in [0.25, 0.3) is 0 Å². The molecule has 80 heavy (non-hydrogen) atoms. The molecule has 10 rings (SSSR count). The summed E-state index contributed by atoms with van der Waals surface area (Å²) in [6.45, 7) is 9.23. The van der Waals surface area contributed by atoms with Crippen molar-refractivity contribution in [1.82, 2.24) is 0 Å². The second kappa shape index (κ2) is 29.5. The third-order valence-electron chi connectivity index (χ3n) is 15.3. The Hall–Kier alpha value is -6.99. The molecule has 0 aliphatic heterocycles. The molecule has 0 saturated heterocycles. The number of anilines is 4. The number of rotatable bonds is 22. The summed E-state index contributed by atoms with van der Waals surface area (Å²) >= 11 is 5.62. The molecule has 0 saturated carbocycles. The Kier molecular flexibility index (Phi) is 21.2. The van der Waals surface area contributed by atoms with Crippen molar-refractivity contribution in [1.29, 1.82) is 0 Å². The lowest BCUT2D eigenvalue weighted by atomic mass is 9.84. The first-order valence-corrected chi connectivity index (χ1v) is 31.1. The van der Waals surface area contributed by atoms with Crippen LogP contribution in [0, 0.1) is 3.57 Å². The molecule has 10 aromatic carbocycles. The van der Waals surface area contributed by atoms with Gasteiger partial charge in [-0.1, -0.05) is 240 Å². The zero-order valence-corrected chi connectivity index (χ0v) is 50.9. The van der Waals surface area contributed by atoms with Crippen molar-refractivity contribution in [2.24, 2.45) is 0 Å². The molecule has 0 unspecified atom stereocenters. The molecule has 0 bridgehead atoms. The first-order chi connectivity index (χ1) is 39.3. The van der Waals surface area contributed by atoms with Gasteiger partial charge in [0.15, 0.2) is 0 Å². The van der Waals surface area contributed by atoms with Crippen LogP contribution in [0.2, 0.25) is 0 Å². The Bertz CT molecular complexity index is 3260. The van der Waals surface area contributed by atoms with E-state index in [0.717, 1.165) is 52.9 Å². The molecule has 0 aliphatic carbocycles. The third-order valence-corrected chi connectivity index (χ3v) is 16.5. The van der Waals surface area contributed by atoms with Gasteiger partial charge in [0.1, 0.15) is 0 Å². The summed E-state index contributed by atoms with van der Waals surface area (Å²) in [6.07, 6.45) is 14.1. The number of aryl methyl sites for hydroxylation is 4. The zero-order chi connectivity index (χ0) is 55.5. The molecule has 0 radical (unpaired) electrons. The van der Waals surface area contributed by atoms with Gasteiger partial charge in [-0.15, -0.1) is 0 Å². The summed E-state index contributed by atoms with van der Waals surface area (Å²) in [5.74, 6) is 0. The highest BCUT2D eigenvalue weighted by atomic mass is 127. The fraction of sp³-hybridized carbons (Fsp3) is 0.211. The van der Waals surface area contributed by atoms with Gasteiger partial charge < -0.3 is 10.6 Å². The van der Waals surface area contributed by atoms with Crippen molar-refractivity contribution in [2.75, 3.05) is 10.6 Å². The third kappa shape index (κ3) is 15.7. The largest absolute Gasteiger partial charge is 0.356 e. The molecular formula is C76H76BrIN2. The number of unbranched alkanes of at least 4 members (excludes halogenated alkanes) is 6. The van der Waals surface area contributed by atoms with Crippen molar-refractivity contribution in [3.05, 3.63) is 261 Å². The van der Waals surface area contributed by atoms with Crippen LogP contribution in [-0.4, -0.2) is 0 Å². The number of halogens is 2. The number of hydrogen-bond donors (Lipinski definition) is 2. The van der Waals surface area contributed by atoms with E-state index >= 15 is 0 Å². The lowest BCUT2D eigenvalue weighted by Crippen LogP contribution is -2.00. The van der Waals surface area contributed by atoms with Crippen LogP contribution in [0.5, 0.6) is 0 Å². The van der Waals surface area contributed by atoms with E-state index in [1.54, 1.807) is 0 Å². The van der Waals surface area contributed by atoms with Crippen molar-refractivity contribution in [3.8, 4) is 66.8 Å². The van der Waals surface area contributed by atoms with Crippen LogP contribution in [0.3, 0.4) is 0 Å². The van der Waals surface area contributed by atoms with E-state index in [2.05, 4.69) is 295 Å². The molecule has 0 atom stereocenters. The SMILES string of the molecule is Brc1ccc(I)cc1.CCCCCCc1cc(-c2ccc(-c3ccc(Nc4ccc(-c5ccccc5)cc4)cc3)c(CC)c2)c(CCCCCC)cc1-c1ccc(-c2ccc(Nc3ccc(-c4ccccc4)cc3)cc2)c(CC)c1. The fourth-order valence-corrected chi connectivity index (χ4v) is 11.4. The molecule has 0 amide bonds. The summed E-state index contributed by atoms with van der Waals surface area (Å²) < 4.78 is 2.41. The zero-order valence-electron chi connectivity index (χ0n) is 47.2. The second-order valence-corrected chi connectivity index (χ2v) is 23.1. The standard InChI is InChI=1S/C70H72N2.C6H4BrI/c1-5-9-11-15-25-59-49-70(62-36-46-68(52(8-4)48-62)58-33-43-66(44-34-58)72-64-39-29-56(30-40-64)54-23-19-14-20-24-54)60(26-16-12-10-6-2)50-69(59)61-35-45-67(51(7-3)47-61)57-31-41-65(42-32-57)71-63-37-27-55(28-38-63)53-21-17-13-18-22-53;7-5-1-3-6(8)4-2-5/h13-14,17-24,27-50,71-72H,5-12,15-16,25-26H2,1-4H3;1-4H. The van der Waals surface area contributed by atoms with Crippen molar-refractivity contribution >= 4 is 61.3 Å². The van der Waals surface area contributed by atoms with Gasteiger partial charge in [0.05, 0.1) is 0 Å². The van der Waals surface area contributed by atoms with Crippen LogP contribution in [0.4, 0.5) is 22.7 Å². The molecule has 2 N–H and O–H groups in total. The van der Waals surface area contributed by atoms with Crippen LogP contribution in [0.15, 0.2) is 235 Å². The minimum Gasteiger partial charge on any atom is -0.356 e. The van der Waals surface area contributed by atoms with Gasteiger partial charge in [-0.25, -0.2) is 0 Å². The Balaban J connectivity index is 0.000000890. The van der Waals surface area contributed by atoms with E-state index in [4.69, 9.17) is 0 Å². The average molecular weight is 1220 g/mol.